The molecule has 0 amide bonds. The van der Waals surface area contributed by atoms with Crippen molar-refractivity contribution in [3.8, 4) is 0 Å². The molecule has 0 spiro atoms. The highest BCUT2D eigenvalue weighted by Crippen LogP contribution is 2.46. The molecule has 0 atom stereocenters. The molecule has 6 heteroatoms. The Labute approximate surface area is 400 Å². The Kier molecular flexibility index (Phi) is 8.10. The summed E-state index contributed by atoms with van der Waals surface area (Å²) in [4.78, 5) is 4.63. The maximum absolute atomic E-state index is 7.03. The van der Waals surface area contributed by atoms with Gasteiger partial charge in [0.15, 0.2) is 0 Å². The molecule has 0 unspecified atom stereocenters. The van der Waals surface area contributed by atoms with Crippen LogP contribution in [0.5, 0.6) is 0 Å². The number of fused-ring (bicyclic) bond motifs is 17. The first-order chi connectivity index (χ1) is 34.5. The first kappa shape index (κ1) is 38.8. The van der Waals surface area contributed by atoms with Crippen molar-refractivity contribution in [2.75, 3.05) is 9.80 Å². The van der Waals surface area contributed by atoms with Crippen LogP contribution in [-0.4, -0.2) is 0 Å². The second kappa shape index (κ2) is 14.6. The van der Waals surface area contributed by atoms with Crippen molar-refractivity contribution in [3.63, 3.8) is 0 Å². The van der Waals surface area contributed by atoms with Crippen LogP contribution in [0.1, 0.15) is 11.1 Å². The Bertz CT molecular complexity index is 4630. The normalized spacial score (nSPS) is 12.1. The SMILES string of the molecule is Cc1ccc(N(c2ccc3c(ccc4c5ccc6oc7c8ccc(N(c9ccc(C)cc9)c9ccc%10oc%11ccccc%11c%10c9)cc8ccc7c6c5oc34)c2)c2ccc3oc4ccccc4c3c2)cc1. The summed E-state index contributed by atoms with van der Waals surface area (Å²) >= 11 is 0. The number of nitrogens with zero attached hydrogens (tertiary/aromatic N) is 2. The minimum atomic E-state index is 0.794. The molecule has 0 aliphatic rings. The molecule has 0 N–H and O–H groups in total. The van der Waals surface area contributed by atoms with Gasteiger partial charge in [-0.1, -0.05) is 83.9 Å². The fourth-order valence-electron chi connectivity index (χ4n) is 10.9. The number of para-hydroxylation sites is 2. The van der Waals surface area contributed by atoms with Crippen LogP contribution in [0.25, 0.3) is 109 Å². The van der Waals surface area contributed by atoms with Gasteiger partial charge in [-0.05, 0) is 158 Å². The van der Waals surface area contributed by atoms with E-state index in [0.717, 1.165) is 143 Å². The van der Waals surface area contributed by atoms with E-state index < -0.39 is 0 Å². The largest absolute Gasteiger partial charge is 0.456 e. The molecule has 4 aromatic heterocycles. The summed E-state index contributed by atoms with van der Waals surface area (Å²) in [7, 11) is 0. The summed E-state index contributed by atoms with van der Waals surface area (Å²) in [6.45, 7) is 4.24. The van der Waals surface area contributed by atoms with Crippen molar-refractivity contribution >= 4 is 143 Å². The molecule has 11 aromatic carbocycles. The van der Waals surface area contributed by atoms with Crippen LogP contribution >= 0.6 is 0 Å². The molecule has 70 heavy (non-hydrogen) atoms. The average Bonchev–Trinajstić information content (AvgIpc) is 4.17. The van der Waals surface area contributed by atoms with Crippen molar-refractivity contribution in [3.05, 3.63) is 217 Å². The summed E-state index contributed by atoms with van der Waals surface area (Å²) in [6, 6.07) is 73.1. The number of anilines is 6. The minimum absolute atomic E-state index is 0.794. The molecule has 15 rings (SSSR count). The number of hydrogen-bond donors (Lipinski definition) is 0. The molecule has 330 valence electrons. The van der Waals surface area contributed by atoms with Gasteiger partial charge in [0.25, 0.3) is 0 Å². The monoisotopic (exact) mass is 900 g/mol. The predicted molar refractivity (Wildman–Crippen MR) is 289 cm³/mol. The van der Waals surface area contributed by atoms with Gasteiger partial charge in [0.1, 0.15) is 44.7 Å². The van der Waals surface area contributed by atoms with Gasteiger partial charge in [-0.3, -0.25) is 0 Å². The fraction of sp³-hybridized carbons (Fsp3) is 0.0312. The third kappa shape index (κ3) is 5.80. The van der Waals surface area contributed by atoms with Crippen LogP contribution in [0, 0.1) is 13.8 Å². The maximum Gasteiger partial charge on any atom is 0.147 e. The van der Waals surface area contributed by atoms with Gasteiger partial charge >= 0.3 is 0 Å². The molecular formula is C64H40N2O4. The van der Waals surface area contributed by atoms with Gasteiger partial charge in [0.05, 0.1) is 5.39 Å². The highest BCUT2D eigenvalue weighted by atomic mass is 16.3. The second-order valence-electron chi connectivity index (χ2n) is 18.6. The Hall–Kier alpha value is -9.26. The van der Waals surface area contributed by atoms with Crippen LogP contribution in [0.3, 0.4) is 0 Å². The van der Waals surface area contributed by atoms with E-state index in [-0.39, 0.29) is 0 Å². The molecular weight excluding hydrogens is 861 g/mol. The Morgan fingerprint density at radius 2 is 0.657 bits per heavy atom. The summed E-state index contributed by atoms with van der Waals surface area (Å²) in [5.41, 5.74) is 15.6. The lowest BCUT2D eigenvalue weighted by Crippen LogP contribution is -2.09. The number of hydrogen-bond acceptors (Lipinski definition) is 6. The second-order valence-corrected chi connectivity index (χ2v) is 18.6. The van der Waals surface area contributed by atoms with Crippen LogP contribution < -0.4 is 9.80 Å². The van der Waals surface area contributed by atoms with E-state index in [1.165, 1.54) is 11.1 Å². The Morgan fingerprint density at radius 3 is 1.21 bits per heavy atom. The van der Waals surface area contributed by atoms with Gasteiger partial charge in [0.2, 0.25) is 0 Å². The predicted octanol–water partition coefficient (Wildman–Crippen LogP) is 19.1. The third-order valence-electron chi connectivity index (χ3n) is 14.3. The summed E-state index contributed by atoms with van der Waals surface area (Å²) in [5.74, 6) is 0. The third-order valence-corrected chi connectivity index (χ3v) is 14.3. The zero-order valence-corrected chi connectivity index (χ0v) is 38.2. The zero-order valence-electron chi connectivity index (χ0n) is 38.2. The quantitative estimate of drug-likeness (QED) is 0.166. The van der Waals surface area contributed by atoms with Crippen LogP contribution in [0.4, 0.5) is 34.1 Å². The fourth-order valence-corrected chi connectivity index (χ4v) is 10.9. The van der Waals surface area contributed by atoms with Crippen molar-refractivity contribution in [1.82, 2.24) is 0 Å². The first-order valence-corrected chi connectivity index (χ1v) is 23.7. The molecule has 0 saturated carbocycles. The van der Waals surface area contributed by atoms with Crippen molar-refractivity contribution in [2.45, 2.75) is 13.8 Å². The summed E-state index contributed by atoms with van der Waals surface area (Å²) in [6.07, 6.45) is 0. The van der Waals surface area contributed by atoms with E-state index in [1.54, 1.807) is 0 Å². The van der Waals surface area contributed by atoms with E-state index in [1.807, 2.05) is 24.3 Å². The number of aryl methyl sites for hydroxylation is 2. The minimum Gasteiger partial charge on any atom is -0.456 e. The van der Waals surface area contributed by atoms with Crippen LogP contribution in [0.2, 0.25) is 0 Å². The van der Waals surface area contributed by atoms with E-state index >= 15 is 0 Å². The van der Waals surface area contributed by atoms with Gasteiger partial charge in [-0.25, -0.2) is 0 Å². The Balaban J connectivity index is 0.849. The highest BCUT2D eigenvalue weighted by Gasteiger charge is 2.22. The van der Waals surface area contributed by atoms with Crippen LogP contribution in [-0.2, 0) is 0 Å². The Morgan fingerprint density at radius 1 is 0.257 bits per heavy atom. The van der Waals surface area contributed by atoms with Crippen LogP contribution in [0.15, 0.2) is 224 Å². The van der Waals surface area contributed by atoms with Crippen molar-refractivity contribution in [1.29, 1.82) is 0 Å². The first-order valence-electron chi connectivity index (χ1n) is 23.7. The van der Waals surface area contributed by atoms with E-state index in [0.29, 0.717) is 0 Å². The lowest BCUT2D eigenvalue weighted by Gasteiger charge is -2.26. The van der Waals surface area contributed by atoms with Gasteiger partial charge in [-0.2, -0.15) is 0 Å². The highest BCUT2D eigenvalue weighted by molar-refractivity contribution is 6.27. The molecule has 0 aliphatic carbocycles. The lowest BCUT2D eigenvalue weighted by molar-refractivity contribution is 0.666. The molecule has 0 fully saturated rings. The average molecular weight is 901 g/mol. The van der Waals surface area contributed by atoms with E-state index in [9.17, 15) is 0 Å². The zero-order chi connectivity index (χ0) is 46.2. The number of furan rings is 4. The molecule has 6 nitrogen and oxygen atoms in total. The van der Waals surface area contributed by atoms with Crippen molar-refractivity contribution < 1.29 is 17.7 Å². The number of benzene rings is 11. The van der Waals surface area contributed by atoms with E-state index in [4.69, 9.17) is 17.7 Å². The van der Waals surface area contributed by atoms with E-state index in [2.05, 4.69) is 206 Å². The maximum atomic E-state index is 7.03. The molecule has 0 aliphatic heterocycles. The van der Waals surface area contributed by atoms with Gasteiger partial charge in [0, 0.05) is 82.6 Å². The molecule has 0 radical (unpaired) electrons. The summed E-state index contributed by atoms with van der Waals surface area (Å²) < 4.78 is 26.3. The van der Waals surface area contributed by atoms with Gasteiger partial charge in [-0.15, -0.1) is 0 Å². The molecule has 4 heterocycles. The molecule has 0 bridgehead atoms. The van der Waals surface area contributed by atoms with Crippen molar-refractivity contribution in [2.24, 2.45) is 0 Å². The molecule has 0 saturated heterocycles. The summed E-state index contributed by atoms with van der Waals surface area (Å²) in [5, 5.41) is 12.8. The molecule has 15 aromatic rings. The standard InChI is InChI=1S/C64H40N2O4/c1-37-11-17-41(18-12-37)65(45-23-30-58-54(35-45)49-7-3-5-9-56(49)67-58)43-21-27-47-39(33-43)15-25-51-52-29-32-60-61(64(52)70-62(47)51)53-26-16-40-34-44(22-28-48(40)63(53)69-60)66(42-19-13-38(2)14-20-42)46-24-31-59-55(36-46)50-8-4-6-10-57(50)68-59/h3-36H,1-2H3. The lowest BCUT2D eigenvalue weighted by atomic mass is 10.0. The van der Waals surface area contributed by atoms with Gasteiger partial charge < -0.3 is 27.5 Å². The number of rotatable bonds is 6. The smallest absolute Gasteiger partial charge is 0.147 e. The topological polar surface area (TPSA) is 59.0 Å².